The highest BCUT2D eigenvalue weighted by Gasteiger charge is 2.02. The number of amides is 1. The third-order valence-electron chi connectivity index (χ3n) is 1.72. The van der Waals surface area contributed by atoms with Gasteiger partial charge in [0.15, 0.2) is 6.61 Å². The molecule has 0 saturated heterocycles. The fraction of sp³-hybridized carbons (Fsp3) is 0.300. The van der Waals surface area contributed by atoms with Crippen LogP contribution in [0.4, 0.5) is 0 Å². The molecule has 0 heterocycles. The summed E-state index contributed by atoms with van der Waals surface area (Å²) < 4.78 is 5.07. The van der Waals surface area contributed by atoms with Crippen molar-refractivity contribution in [3.63, 3.8) is 0 Å². The summed E-state index contributed by atoms with van der Waals surface area (Å²) >= 11 is 0. The van der Waals surface area contributed by atoms with Crippen LogP contribution in [0.1, 0.15) is 18.6 Å². The summed E-state index contributed by atoms with van der Waals surface area (Å²) in [5.41, 5.74) is 5.67. The van der Waals surface area contributed by atoms with Gasteiger partial charge in [0.05, 0.1) is 6.10 Å². The SMILES string of the molecule is CC(O)c1cccc(OCC(N)=O)c1. The van der Waals surface area contributed by atoms with Gasteiger partial charge in [-0.15, -0.1) is 0 Å². The normalized spacial score (nSPS) is 12.1. The van der Waals surface area contributed by atoms with E-state index < -0.39 is 12.0 Å². The summed E-state index contributed by atoms with van der Waals surface area (Å²) in [5, 5.41) is 9.28. The molecule has 0 aliphatic rings. The van der Waals surface area contributed by atoms with Crippen LogP contribution >= 0.6 is 0 Å². The van der Waals surface area contributed by atoms with Crippen LogP contribution in [-0.2, 0) is 4.79 Å². The molecule has 1 rings (SSSR count). The van der Waals surface area contributed by atoms with Crippen LogP contribution in [-0.4, -0.2) is 17.6 Å². The summed E-state index contributed by atoms with van der Waals surface area (Å²) in [6, 6.07) is 6.91. The summed E-state index contributed by atoms with van der Waals surface area (Å²) in [5.74, 6) is 0.00894. The maximum Gasteiger partial charge on any atom is 0.255 e. The number of benzene rings is 1. The molecule has 4 nitrogen and oxygen atoms in total. The molecular weight excluding hydrogens is 182 g/mol. The van der Waals surface area contributed by atoms with Gasteiger partial charge in [0.25, 0.3) is 5.91 Å². The third-order valence-corrected chi connectivity index (χ3v) is 1.72. The molecule has 0 aliphatic heterocycles. The number of ether oxygens (including phenoxy) is 1. The topological polar surface area (TPSA) is 72.6 Å². The van der Waals surface area contributed by atoms with E-state index in [1.807, 2.05) is 0 Å². The van der Waals surface area contributed by atoms with Crippen LogP contribution in [0.5, 0.6) is 5.75 Å². The molecule has 1 aromatic carbocycles. The lowest BCUT2D eigenvalue weighted by Gasteiger charge is -2.07. The second kappa shape index (κ2) is 4.62. The lowest BCUT2D eigenvalue weighted by molar-refractivity contribution is -0.119. The Bertz CT molecular complexity index is 323. The fourth-order valence-electron chi connectivity index (χ4n) is 1.02. The Balaban J connectivity index is 2.68. The number of aliphatic hydroxyl groups is 1. The maximum absolute atomic E-state index is 10.4. The van der Waals surface area contributed by atoms with Crippen molar-refractivity contribution in [3.8, 4) is 5.75 Å². The molecular formula is C10H13NO3. The van der Waals surface area contributed by atoms with Crippen molar-refractivity contribution < 1.29 is 14.6 Å². The van der Waals surface area contributed by atoms with Gasteiger partial charge in [-0.3, -0.25) is 4.79 Å². The molecule has 0 aliphatic carbocycles. The Labute approximate surface area is 82.3 Å². The van der Waals surface area contributed by atoms with Crippen molar-refractivity contribution in [2.24, 2.45) is 5.73 Å². The van der Waals surface area contributed by atoms with Crippen LogP contribution in [0.3, 0.4) is 0 Å². The molecule has 1 unspecified atom stereocenters. The molecule has 4 heteroatoms. The van der Waals surface area contributed by atoms with Crippen LogP contribution in [0.2, 0.25) is 0 Å². The Morgan fingerprint density at radius 1 is 1.64 bits per heavy atom. The summed E-state index contributed by atoms with van der Waals surface area (Å²) in [7, 11) is 0. The van der Waals surface area contributed by atoms with E-state index in [0.717, 1.165) is 5.56 Å². The Morgan fingerprint density at radius 3 is 2.93 bits per heavy atom. The monoisotopic (exact) mass is 195 g/mol. The average molecular weight is 195 g/mol. The molecule has 0 spiro atoms. The molecule has 1 amide bonds. The first-order valence-electron chi connectivity index (χ1n) is 4.28. The van der Waals surface area contributed by atoms with Crippen molar-refractivity contribution in [3.05, 3.63) is 29.8 Å². The van der Waals surface area contributed by atoms with Crippen LogP contribution in [0.15, 0.2) is 24.3 Å². The highest BCUT2D eigenvalue weighted by Crippen LogP contribution is 2.18. The lowest BCUT2D eigenvalue weighted by atomic mass is 10.1. The Morgan fingerprint density at radius 2 is 2.36 bits per heavy atom. The molecule has 0 fully saturated rings. The summed E-state index contributed by atoms with van der Waals surface area (Å²) in [6.07, 6.45) is -0.549. The standard InChI is InChI=1S/C10H13NO3/c1-7(12)8-3-2-4-9(5-8)14-6-10(11)13/h2-5,7,12H,6H2,1H3,(H2,11,13). The van der Waals surface area contributed by atoms with E-state index in [1.54, 1.807) is 31.2 Å². The highest BCUT2D eigenvalue weighted by atomic mass is 16.5. The fourth-order valence-corrected chi connectivity index (χ4v) is 1.02. The zero-order valence-electron chi connectivity index (χ0n) is 7.93. The average Bonchev–Trinajstić information content (AvgIpc) is 2.15. The van der Waals surface area contributed by atoms with Gasteiger partial charge in [-0.05, 0) is 24.6 Å². The number of primary amides is 1. The maximum atomic E-state index is 10.4. The van der Waals surface area contributed by atoms with Crippen molar-refractivity contribution in [2.75, 3.05) is 6.61 Å². The minimum atomic E-state index is -0.549. The van der Waals surface area contributed by atoms with E-state index in [1.165, 1.54) is 0 Å². The summed E-state index contributed by atoms with van der Waals surface area (Å²) in [4.78, 5) is 10.4. The van der Waals surface area contributed by atoms with Gasteiger partial charge in [-0.25, -0.2) is 0 Å². The summed E-state index contributed by atoms with van der Waals surface area (Å²) in [6.45, 7) is 1.51. The number of carbonyl (C=O) groups excluding carboxylic acids is 1. The van der Waals surface area contributed by atoms with E-state index >= 15 is 0 Å². The van der Waals surface area contributed by atoms with E-state index in [4.69, 9.17) is 10.5 Å². The molecule has 1 aromatic rings. The molecule has 14 heavy (non-hydrogen) atoms. The minimum Gasteiger partial charge on any atom is -0.484 e. The van der Waals surface area contributed by atoms with E-state index in [2.05, 4.69) is 0 Å². The first-order valence-corrected chi connectivity index (χ1v) is 4.28. The molecule has 3 N–H and O–H groups in total. The molecule has 0 radical (unpaired) electrons. The van der Waals surface area contributed by atoms with Crippen LogP contribution in [0.25, 0.3) is 0 Å². The number of aliphatic hydroxyl groups excluding tert-OH is 1. The van der Waals surface area contributed by atoms with Gasteiger partial charge in [-0.2, -0.15) is 0 Å². The van der Waals surface area contributed by atoms with Gasteiger partial charge >= 0.3 is 0 Å². The number of nitrogens with two attached hydrogens (primary N) is 1. The molecule has 0 saturated carbocycles. The number of carbonyl (C=O) groups is 1. The van der Waals surface area contributed by atoms with Gasteiger partial charge in [0.2, 0.25) is 0 Å². The molecule has 0 bridgehead atoms. The zero-order chi connectivity index (χ0) is 10.6. The van der Waals surface area contributed by atoms with Crippen molar-refractivity contribution in [2.45, 2.75) is 13.0 Å². The second-order valence-electron chi connectivity index (χ2n) is 3.00. The molecule has 0 aromatic heterocycles. The Hall–Kier alpha value is -1.55. The minimum absolute atomic E-state index is 0.150. The zero-order valence-corrected chi connectivity index (χ0v) is 7.93. The first-order chi connectivity index (χ1) is 6.59. The largest absolute Gasteiger partial charge is 0.484 e. The predicted octanol–water partition coefficient (Wildman–Crippen LogP) is 0.604. The van der Waals surface area contributed by atoms with Crippen molar-refractivity contribution in [1.29, 1.82) is 0 Å². The van der Waals surface area contributed by atoms with Gasteiger partial charge in [0.1, 0.15) is 5.75 Å². The van der Waals surface area contributed by atoms with Crippen LogP contribution in [0, 0.1) is 0 Å². The van der Waals surface area contributed by atoms with Crippen molar-refractivity contribution >= 4 is 5.91 Å². The second-order valence-corrected chi connectivity index (χ2v) is 3.00. The Kier molecular flexibility index (Phi) is 3.48. The molecule has 1 atom stereocenters. The van der Waals surface area contributed by atoms with Gasteiger partial charge in [0, 0.05) is 0 Å². The van der Waals surface area contributed by atoms with Crippen LogP contribution < -0.4 is 10.5 Å². The van der Waals surface area contributed by atoms with Gasteiger partial charge < -0.3 is 15.6 Å². The predicted molar refractivity (Wildman–Crippen MR) is 51.8 cm³/mol. The van der Waals surface area contributed by atoms with E-state index in [9.17, 15) is 9.90 Å². The first kappa shape index (κ1) is 10.5. The number of hydrogen-bond donors (Lipinski definition) is 2. The van der Waals surface area contributed by atoms with Crippen molar-refractivity contribution in [1.82, 2.24) is 0 Å². The van der Waals surface area contributed by atoms with E-state index in [-0.39, 0.29) is 6.61 Å². The van der Waals surface area contributed by atoms with Gasteiger partial charge in [-0.1, -0.05) is 12.1 Å². The smallest absolute Gasteiger partial charge is 0.255 e. The molecule has 76 valence electrons. The lowest BCUT2D eigenvalue weighted by Crippen LogP contribution is -2.20. The number of hydrogen-bond acceptors (Lipinski definition) is 3. The van der Waals surface area contributed by atoms with E-state index in [0.29, 0.717) is 5.75 Å². The third kappa shape index (κ3) is 3.06. The quantitative estimate of drug-likeness (QED) is 0.739. The number of rotatable bonds is 4. The highest BCUT2D eigenvalue weighted by molar-refractivity contribution is 5.75.